The minimum Gasteiger partial charge on any atom is -0.428 e. The maximum Gasteiger partial charge on any atom is 0.409 e. The van der Waals surface area contributed by atoms with Crippen molar-refractivity contribution in [1.29, 1.82) is 0 Å². The SMILES string of the molecule is O=C(NCc1ccccc1)OCN(C(=O)c1ccc2ccccc2c1)c1ccc2ccccc2c1. The number of carbonyl (C=O) groups excluding carboxylic acids is 2. The average molecular weight is 461 g/mol. The van der Waals surface area contributed by atoms with Gasteiger partial charge in [0.05, 0.1) is 0 Å². The highest BCUT2D eigenvalue weighted by Gasteiger charge is 2.20. The summed E-state index contributed by atoms with van der Waals surface area (Å²) in [4.78, 5) is 27.5. The topological polar surface area (TPSA) is 58.6 Å². The number of hydrogen-bond acceptors (Lipinski definition) is 3. The van der Waals surface area contributed by atoms with Gasteiger partial charge in [-0.1, -0.05) is 91.0 Å². The van der Waals surface area contributed by atoms with E-state index in [-0.39, 0.29) is 12.6 Å². The molecule has 0 unspecified atom stereocenters. The van der Waals surface area contributed by atoms with E-state index in [9.17, 15) is 9.59 Å². The first kappa shape index (κ1) is 22.2. The quantitative estimate of drug-likeness (QED) is 0.293. The molecule has 0 aliphatic rings. The fraction of sp³-hybridized carbons (Fsp3) is 0.0667. The minimum atomic E-state index is -0.592. The second kappa shape index (κ2) is 10.1. The number of rotatable bonds is 6. The molecule has 0 spiro atoms. The van der Waals surface area contributed by atoms with Crippen LogP contribution in [0.25, 0.3) is 21.5 Å². The molecule has 1 N–H and O–H groups in total. The van der Waals surface area contributed by atoms with E-state index < -0.39 is 6.09 Å². The van der Waals surface area contributed by atoms with Gasteiger partial charge in [0.2, 0.25) is 0 Å². The first-order valence-corrected chi connectivity index (χ1v) is 11.4. The minimum absolute atomic E-state index is 0.218. The monoisotopic (exact) mass is 460 g/mol. The molecule has 172 valence electrons. The van der Waals surface area contributed by atoms with Gasteiger partial charge in [0.25, 0.3) is 5.91 Å². The highest BCUT2D eigenvalue weighted by Crippen LogP contribution is 2.25. The van der Waals surface area contributed by atoms with Crippen molar-refractivity contribution in [2.45, 2.75) is 6.54 Å². The molecule has 0 bridgehead atoms. The summed E-state index contributed by atoms with van der Waals surface area (Å²) in [6.07, 6.45) is -0.592. The molecule has 0 aliphatic heterocycles. The molecule has 35 heavy (non-hydrogen) atoms. The van der Waals surface area contributed by atoms with Crippen molar-refractivity contribution in [1.82, 2.24) is 5.32 Å². The van der Waals surface area contributed by atoms with Crippen LogP contribution < -0.4 is 10.2 Å². The molecule has 5 heteroatoms. The number of fused-ring (bicyclic) bond motifs is 2. The lowest BCUT2D eigenvalue weighted by molar-refractivity contribution is 0.0937. The Balaban J connectivity index is 1.40. The molecule has 0 radical (unpaired) electrons. The van der Waals surface area contributed by atoms with E-state index in [2.05, 4.69) is 5.32 Å². The molecule has 5 aromatic carbocycles. The smallest absolute Gasteiger partial charge is 0.409 e. The second-order valence-electron chi connectivity index (χ2n) is 8.23. The summed E-state index contributed by atoms with van der Waals surface area (Å²) < 4.78 is 5.48. The van der Waals surface area contributed by atoms with Gasteiger partial charge in [-0.25, -0.2) is 4.79 Å². The van der Waals surface area contributed by atoms with Gasteiger partial charge >= 0.3 is 6.09 Å². The molecular weight excluding hydrogens is 436 g/mol. The van der Waals surface area contributed by atoms with Crippen LogP contribution in [0.1, 0.15) is 15.9 Å². The van der Waals surface area contributed by atoms with Gasteiger partial charge in [0.15, 0.2) is 6.73 Å². The van der Waals surface area contributed by atoms with Crippen molar-refractivity contribution in [2.75, 3.05) is 11.6 Å². The summed E-state index contributed by atoms with van der Waals surface area (Å²) >= 11 is 0. The molecule has 2 amide bonds. The van der Waals surface area contributed by atoms with E-state index in [1.807, 2.05) is 109 Å². The van der Waals surface area contributed by atoms with Gasteiger partial charge in [-0.3, -0.25) is 9.69 Å². The maximum atomic E-state index is 13.6. The van der Waals surface area contributed by atoms with Crippen molar-refractivity contribution in [3.8, 4) is 0 Å². The molecule has 0 fully saturated rings. The van der Waals surface area contributed by atoms with Gasteiger partial charge in [-0.05, 0) is 51.4 Å². The number of hydrogen-bond donors (Lipinski definition) is 1. The Hall–Kier alpha value is -4.64. The van der Waals surface area contributed by atoms with Crippen LogP contribution in [-0.4, -0.2) is 18.7 Å². The van der Waals surface area contributed by atoms with Crippen molar-refractivity contribution in [3.63, 3.8) is 0 Å². The largest absolute Gasteiger partial charge is 0.428 e. The molecule has 0 aromatic heterocycles. The molecule has 0 saturated heterocycles. The van der Waals surface area contributed by atoms with E-state index in [4.69, 9.17) is 4.74 Å². The van der Waals surface area contributed by atoms with E-state index in [0.717, 1.165) is 27.1 Å². The summed E-state index contributed by atoms with van der Waals surface area (Å²) in [5.41, 5.74) is 2.13. The summed E-state index contributed by atoms with van der Waals surface area (Å²) in [6.45, 7) is 0.124. The predicted octanol–water partition coefficient (Wildman–Crippen LogP) is 6.52. The van der Waals surface area contributed by atoms with Gasteiger partial charge in [0.1, 0.15) is 0 Å². The van der Waals surface area contributed by atoms with E-state index in [1.54, 1.807) is 6.07 Å². The Bertz CT molecular complexity index is 1500. The normalized spacial score (nSPS) is 10.7. The third kappa shape index (κ3) is 5.14. The zero-order valence-corrected chi connectivity index (χ0v) is 19.1. The van der Waals surface area contributed by atoms with Crippen LogP contribution in [0.15, 0.2) is 115 Å². The van der Waals surface area contributed by atoms with Crippen molar-refractivity contribution in [2.24, 2.45) is 0 Å². The van der Waals surface area contributed by atoms with Crippen LogP contribution in [0.4, 0.5) is 10.5 Å². The summed E-state index contributed by atoms with van der Waals surface area (Å²) in [5.74, 6) is -0.248. The van der Waals surface area contributed by atoms with Crippen LogP contribution in [-0.2, 0) is 11.3 Å². The molecule has 0 atom stereocenters. The van der Waals surface area contributed by atoms with Crippen molar-refractivity contribution < 1.29 is 14.3 Å². The Morgan fingerprint density at radius 2 is 1.26 bits per heavy atom. The number of nitrogens with zero attached hydrogens (tertiary/aromatic N) is 1. The molecule has 0 saturated carbocycles. The molecule has 5 aromatic rings. The van der Waals surface area contributed by atoms with Crippen LogP contribution in [0.3, 0.4) is 0 Å². The molecule has 5 rings (SSSR count). The standard InChI is InChI=1S/C30H24N2O3/c33-29(27-15-14-23-10-4-6-12-25(23)18-27)32(28-17-16-24-11-5-7-13-26(24)19-28)21-35-30(34)31-20-22-8-2-1-3-9-22/h1-19H,20-21H2,(H,31,34). The first-order chi connectivity index (χ1) is 17.2. The highest BCUT2D eigenvalue weighted by molar-refractivity contribution is 6.08. The van der Waals surface area contributed by atoms with Crippen LogP contribution in [0.2, 0.25) is 0 Å². The van der Waals surface area contributed by atoms with Crippen molar-refractivity contribution >= 4 is 39.2 Å². The van der Waals surface area contributed by atoms with E-state index in [0.29, 0.717) is 17.8 Å². The zero-order valence-electron chi connectivity index (χ0n) is 19.1. The van der Waals surface area contributed by atoms with Gasteiger partial charge in [0, 0.05) is 17.8 Å². The number of nitrogens with one attached hydrogen (secondary N) is 1. The van der Waals surface area contributed by atoms with Gasteiger partial charge in [-0.15, -0.1) is 0 Å². The molecule has 0 heterocycles. The third-order valence-electron chi connectivity index (χ3n) is 5.89. The summed E-state index contributed by atoms with van der Waals surface area (Å²) in [7, 11) is 0. The van der Waals surface area contributed by atoms with Crippen LogP contribution in [0.5, 0.6) is 0 Å². The maximum absolute atomic E-state index is 13.6. The number of anilines is 1. The average Bonchev–Trinajstić information content (AvgIpc) is 2.92. The Labute approximate surface area is 203 Å². The number of amides is 2. The molecule has 5 nitrogen and oxygen atoms in total. The zero-order chi connectivity index (χ0) is 24.0. The van der Waals surface area contributed by atoms with E-state index in [1.165, 1.54) is 4.90 Å². The Morgan fingerprint density at radius 3 is 1.97 bits per heavy atom. The summed E-state index contributed by atoms with van der Waals surface area (Å²) in [6, 6.07) is 36.7. The lowest BCUT2D eigenvalue weighted by Gasteiger charge is -2.23. The summed E-state index contributed by atoms with van der Waals surface area (Å²) in [5, 5.41) is 6.82. The van der Waals surface area contributed by atoms with E-state index >= 15 is 0 Å². The predicted molar refractivity (Wildman–Crippen MR) is 139 cm³/mol. The lowest BCUT2D eigenvalue weighted by atomic mass is 10.1. The number of alkyl carbamates (subject to hydrolysis) is 1. The lowest BCUT2D eigenvalue weighted by Crippen LogP contribution is -2.36. The first-order valence-electron chi connectivity index (χ1n) is 11.4. The number of benzene rings is 5. The Kier molecular flexibility index (Phi) is 6.39. The van der Waals surface area contributed by atoms with Crippen molar-refractivity contribution in [3.05, 3.63) is 126 Å². The second-order valence-corrected chi connectivity index (χ2v) is 8.23. The van der Waals surface area contributed by atoms with Gasteiger partial charge in [-0.2, -0.15) is 0 Å². The third-order valence-corrected chi connectivity index (χ3v) is 5.89. The van der Waals surface area contributed by atoms with Gasteiger partial charge < -0.3 is 10.1 Å². The number of carbonyl (C=O) groups is 2. The molecule has 0 aliphatic carbocycles. The fourth-order valence-electron chi connectivity index (χ4n) is 4.02. The number of ether oxygens (including phenoxy) is 1. The van der Waals surface area contributed by atoms with Crippen LogP contribution in [0, 0.1) is 0 Å². The fourth-order valence-corrected chi connectivity index (χ4v) is 4.02. The molecular formula is C30H24N2O3. The highest BCUT2D eigenvalue weighted by atomic mass is 16.6. The Morgan fingerprint density at radius 1 is 0.657 bits per heavy atom. The van der Waals surface area contributed by atoms with Crippen LogP contribution >= 0.6 is 0 Å².